The smallest absolute Gasteiger partial charge is 0.126 e. The normalized spacial score (nSPS) is 18.3. The second-order valence-electron chi connectivity index (χ2n) is 4.86. The molecule has 0 bridgehead atoms. The number of halogens is 1. The molecule has 1 atom stereocenters. The fourth-order valence-corrected chi connectivity index (χ4v) is 2.47. The molecule has 3 nitrogen and oxygen atoms in total. The van der Waals surface area contributed by atoms with Gasteiger partial charge in [0.2, 0.25) is 0 Å². The minimum absolute atomic E-state index is 0.130. The fourth-order valence-electron chi connectivity index (χ4n) is 2.47. The number of nitrogens with one attached hydrogen (secondary N) is 1. The predicted octanol–water partition coefficient (Wildman–Crippen LogP) is 3.04. The van der Waals surface area contributed by atoms with Crippen LogP contribution in [0.25, 0.3) is 0 Å². The first kappa shape index (κ1) is 11.3. The van der Waals surface area contributed by atoms with E-state index in [0.29, 0.717) is 5.56 Å². The summed E-state index contributed by atoms with van der Waals surface area (Å²) in [6, 6.07) is 7.62. The van der Waals surface area contributed by atoms with Gasteiger partial charge in [0.25, 0.3) is 0 Å². The molecule has 1 aliphatic heterocycles. The minimum Gasteiger partial charge on any atom is -0.370 e. The first-order chi connectivity index (χ1) is 8.65. The minimum atomic E-state index is -0.142. The van der Waals surface area contributed by atoms with Crippen LogP contribution in [0.2, 0.25) is 0 Å². The Bertz CT molecular complexity index is 589. The first-order valence-corrected chi connectivity index (χ1v) is 6.21. The van der Waals surface area contributed by atoms with Gasteiger partial charge < -0.3 is 5.32 Å². The largest absolute Gasteiger partial charge is 0.370 e. The summed E-state index contributed by atoms with van der Waals surface area (Å²) in [7, 11) is 0. The molecule has 1 aromatic heterocycles. The summed E-state index contributed by atoms with van der Waals surface area (Å²) in [4.78, 5) is 0. The van der Waals surface area contributed by atoms with Gasteiger partial charge in [-0.1, -0.05) is 12.1 Å². The van der Waals surface area contributed by atoms with Crippen LogP contribution < -0.4 is 5.32 Å². The summed E-state index contributed by atoms with van der Waals surface area (Å²) in [6.07, 6.45) is 0.927. The van der Waals surface area contributed by atoms with Crippen LogP contribution in [0.5, 0.6) is 0 Å². The number of aryl methyl sites for hydroxylation is 2. The highest BCUT2D eigenvalue weighted by Crippen LogP contribution is 2.30. The highest BCUT2D eigenvalue weighted by Gasteiger charge is 2.22. The third-order valence-electron chi connectivity index (χ3n) is 3.46. The van der Waals surface area contributed by atoms with Crippen molar-refractivity contribution in [2.45, 2.75) is 26.3 Å². The van der Waals surface area contributed by atoms with Gasteiger partial charge in [0.1, 0.15) is 11.6 Å². The van der Waals surface area contributed by atoms with Crippen molar-refractivity contribution in [3.8, 4) is 0 Å². The molecule has 4 heteroatoms. The summed E-state index contributed by atoms with van der Waals surface area (Å²) in [5.41, 5.74) is 2.66. The molecule has 0 saturated heterocycles. The van der Waals surface area contributed by atoms with Gasteiger partial charge >= 0.3 is 0 Å². The lowest BCUT2D eigenvalue weighted by Gasteiger charge is -2.26. The van der Waals surface area contributed by atoms with Crippen molar-refractivity contribution in [1.82, 2.24) is 9.78 Å². The van der Waals surface area contributed by atoms with Crippen molar-refractivity contribution in [3.63, 3.8) is 0 Å². The molecule has 1 aliphatic rings. The van der Waals surface area contributed by atoms with Gasteiger partial charge in [-0.25, -0.2) is 9.07 Å². The zero-order valence-corrected chi connectivity index (χ0v) is 10.6. The molecule has 1 unspecified atom stereocenters. The molecule has 94 valence electrons. The Balaban J connectivity index is 2.05. The van der Waals surface area contributed by atoms with Crippen molar-refractivity contribution < 1.29 is 4.39 Å². The number of hydrogen-bond donors (Lipinski definition) is 1. The summed E-state index contributed by atoms with van der Waals surface area (Å²) in [5, 5.41) is 7.81. The highest BCUT2D eigenvalue weighted by atomic mass is 19.1. The Morgan fingerprint density at radius 3 is 2.94 bits per heavy atom. The summed E-state index contributed by atoms with van der Waals surface area (Å²) < 4.78 is 15.6. The van der Waals surface area contributed by atoms with Gasteiger partial charge in [-0.15, -0.1) is 0 Å². The van der Waals surface area contributed by atoms with Gasteiger partial charge in [0.15, 0.2) is 0 Å². The van der Waals surface area contributed by atoms with Gasteiger partial charge in [-0.3, -0.25) is 0 Å². The maximum absolute atomic E-state index is 13.7. The molecule has 0 radical (unpaired) electrons. The lowest BCUT2D eigenvalue weighted by atomic mass is 10.0. The molecule has 0 amide bonds. The molecule has 1 N–H and O–H groups in total. The van der Waals surface area contributed by atoms with Crippen molar-refractivity contribution in [2.75, 3.05) is 11.9 Å². The van der Waals surface area contributed by atoms with Crippen LogP contribution in [0, 0.1) is 19.7 Å². The predicted molar refractivity (Wildman–Crippen MR) is 69.3 cm³/mol. The quantitative estimate of drug-likeness (QED) is 0.837. The summed E-state index contributed by atoms with van der Waals surface area (Å²) >= 11 is 0. The van der Waals surface area contributed by atoms with E-state index in [0.717, 1.165) is 30.0 Å². The Hall–Kier alpha value is -1.84. The molecular weight excluding hydrogens is 229 g/mol. The zero-order chi connectivity index (χ0) is 12.7. The van der Waals surface area contributed by atoms with E-state index in [2.05, 4.69) is 10.4 Å². The van der Waals surface area contributed by atoms with E-state index in [-0.39, 0.29) is 11.9 Å². The lowest BCUT2D eigenvalue weighted by Crippen LogP contribution is -2.24. The number of benzene rings is 1. The van der Waals surface area contributed by atoms with E-state index in [1.165, 1.54) is 0 Å². The van der Waals surface area contributed by atoms with E-state index in [4.69, 9.17) is 0 Å². The molecular formula is C14H16FN3. The lowest BCUT2D eigenvalue weighted by molar-refractivity contribution is 0.476. The molecule has 2 aromatic rings. The van der Waals surface area contributed by atoms with Crippen LogP contribution in [0.4, 0.5) is 10.2 Å². The second kappa shape index (κ2) is 4.12. The van der Waals surface area contributed by atoms with E-state index >= 15 is 0 Å². The number of hydrogen-bond acceptors (Lipinski definition) is 2. The van der Waals surface area contributed by atoms with E-state index in [1.807, 2.05) is 29.8 Å². The molecule has 0 fully saturated rings. The molecule has 1 aromatic carbocycles. The average molecular weight is 245 g/mol. The maximum Gasteiger partial charge on any atom is 0.126 e. The van der Waals surface area contributed by atoms with Crippen molar-refractivity contribution in [1.29, 1.82) is 0 Å². The van der Waals surface area contributed by atoms with Gasteiger partial charge in [0.05, 0.1) is 11.7 Å². The van der Waals surface area contributed by atoms with Crippen LogP contribution in [-0.4, -0.2) is 16.3 Å². The van der Waals surface area contributed by atoms with Crippen molar-refractivity contribution in [2.24, 2.45) is 0 Å². The van der Waals surface area contributed by atoms with Gasteiger partial charge in [-0.05, 0) is 37.5 Å². The SMILES string of the molecule is Cc1cc2n(n1)C(c1ccc(C)c(F)c1)CCN2. The van der Waals surface area contributed by atoms with Crippen LogP contribution in [0.3, 0.4) is 0 Å². The first-order valence-electron chi connectivity index (χ1n) is 6.21. The Labute approximate surface area is 106 Å². The number of aromatic nitrogens is 2. The monoisotopic (exact) mass is 245 g/mol. The highest BCUT2D eigenvalue weighted by molar-refractivity contribution is 5.41. The summed E-state index contributed by atoms with van der Waals surface area (Å²) in [6.45, 7) is 4.65. The number of fused-ring (bicyclic) bond motifs is 1. The maximum atomic E-state index is 13.7. The van der Waals surface area contributed by atoms with Crippen LogP contribution in [-0.2, 0) is 0 Å². The standard InChI is InChI=1S/C14H16FN3/c1-9-3-4-11(8-12(9)15)13-5-6-16-14-7-10(2)17-18(13)14/h3-4,7-8,13,16H,5-6H2,1-2H3. The van der Waals surface area contributed by atoms with E-state index < -0.39 is 0 Å². The molecule has 2 heterocycles. The van der Waals surface area contributed by atoms with Gasteiger partial charge in [-0.2, -0.15) is 5.10 Å². The summed E-state index contributed by atoms with van der Waals surface area (Å²) in [5.74, 6) is 0.876. The molecule has 18 heavy (non-hydrogen) atoms. The van der Waals surface area contributed by atoms with Crippen molar-refractivity contribution >= 4 is 5.82 Å². The average Bonchev–Trinajstić information content (AvgIpc) is 2.72. The van der Waals surface area contributed by atoms with Gasteiger partial charge in [0, 0.05) is 12.6 Å². The number of nitrogens with zero attached hydrogens (tertiary/aromatic N) is 2. The zero-order valence-electron chi connectivity index (χ0n) is 10.6. The molecule has 0 saturated carbocycles. The molecule has 0 spiro atoms. The number of anilines is 1. The van der Waals surface area contributed by atoms with Crippen LogP contribution >= 0.6 is 0 Å². The Kier molecular flexibility index (Phi) is 2.58. The van der Waals surface area contributed by atoms with E-state index in [9.17, 15) is 4.39 Å². The number of rotatable bonds is 1. The Morgan fingerprint density at radius 1 is 1.33 bits per heavy atom. The third-order valence-corrected chi connectivity index (χ3v) is 3.46. The Morgan fingerprint density at radius 2 is 2.17 bits per heavy atom. The molecule has 0 aliphatic carbocycles. The third kappa shape index (κ3) is 1.78. The fraction of sp³-hybridized carbons (Fsp3) is 0.357. The molecule has 3 rings (SSSR count). The topological polar surface area (TPSA) is 29.9 Å². The van der Waals surface area contributed by atoms with Crippen LogP contribution in [0.1, 0.15) is 29.3 Å². The van der Waals surface area contributed by atoms with Crippen molar-refractivity contribution in [3.05, 3.63) is 46.9 Å². The van der Waals surface area contributed by atoms with Crippen LogP contribution in [0.15, 0.2) is 24.3 Å². The second-order valence-corrected chi connectivity index (χ2v) is 4.86. The van der Waals surface area contributed by atoms with E-state index in [1.54, 1.807) is 13.0 Å².